The first-order valence-electron chi connectivity index (χ1n) is 8.67. The molecular weight excluding hydrogens is 293 g/mol. The third kappa shape index (κ3) is 1.88. The fraction of sp³-hybridized carbons (Fsp3) is 0.684. The van der Waals surface area contributed by atoms with Gasteiger partial charge in [0.05, 0.1) is 11.9 Å². The smallest absolute Gasteiger partial charge is 0.116 e. The second kappa shape index (κ2) is 4.70. The van der Waals surface area contributed by atoms with Crippen LogP contribution in [0.4, 0.5) is 4.39 Å². The Morgan fingerprint density at radius 1 is 1.30 bits per heavy atom. The lowest BCUT2D eigenvalue weighted by atomic mass is 9.49. The van der Waals surface area contributed by atoms with Crippen LogP contribution in [0, 0.1) is 28.6 Å². The number of hydrogen-bond acceptors (Lipinski definition) is 3. The van der Waals surface area contributed by atoms with Gasteiger partial charge in [-0.1, -0.05) is 26.0 Å². The van der Waals surface area contributed by atoms with Crippen molar-refractivity contribution in [3.05, 3.63) is 35.6 Å². The quantitative estimate of drug-likeness (QED) is 0.601. The van der Waals surface area contributed by atoms with Crippen LogP contribution in [0.5, 0.6) is 0 Å². The van der Waals surface area contributed by atoms with E-state index >= 15 is 0 Å². The van der Waals surface area contributed by atoms with Crippen molar-refractivity contribution in [2.24, 2.45) is 34.3 Å². The van der Waals surface area contributed by atoms with Crippen molar-refractivity contribution in [1.82, 2.24) is 0 Å². The van der Waals surface area contributed by atoms with Gasteiger partial charge >= 0.3 is 0 Å². The molecule has 8 atom stereocenters. The lowest BCUT2D eigenvalue weighted by molar-refractivity contribution is -0.00897. The minimum absolute atomic E-state index is 0.0393. The molecule has 4 heteroatoms. The van der Waals surface area contributed by atoms with Crippen molar-refractivity contribution in [1.29, 1.82) is 0 Å². The minimum atomic E-state index is -0.981. The fourth-order valence-corrected chi connectivity index (χ4v) is 5.85. The summed E-state index contributed by atoms with van der Waals surface area (Å²) in [6.45, 7) is 4.27. The van der Waals surface area contributed by atoms with Crippen LogP contribution in [-0.4, -0.2) is 28.5 Å². The highest BCUT2D eigenvalue weighted by atomic mass is 19.1. The predicted molar refractivity (Wildman–Crippen MR) is 87.3 cm³/mol. The van der Waals surface area contributed by atoms with Gasteiger partial charge in [0.15, 0.2) is 0 Å². The molecule has 0 spiro atoms. The molecule has 126 valence electrons. The van der Waals surface area contributed by atoms with Gasteiger partial charge in [-0.2, -0.15) is 0 Å². The molecule has 4 aliphatic carbocycles. The minimum Gasteiger partial charge on any atom is -0.512 e. The summed E-state index contributed by atoms with van der Waals surface area (Å²) in [4.78, 5) is 0. The molecule has 0 aromatic carbocycles. The summed E-state index contributed by atoms with van der Waals surface area (Å²) >= 11 is 0. The average molecular weight is 319 g/mol. The number of alkyl halides is 1. The van der Waals surface area contributed by atoms with Crippen LogP contribution < -0.4 is 5.73 Å². The molecule has 0 aromatic heterocycles. The van der Waals surface area contributed by atoms with Crippen molar-refractivity contribution in [3.8, 4) is 0 Å². The summed E-state index contributed by atoms with van der Waals surface area (Å²) < 4.78 is 14.3. The van der Waals surface area contributed by atoms with E-state index in [-0.39, 0.29) is 28.6 Å². The topological polar surface area (TPSA) is 66.5 Å². The largest absolute Gasteiger partial charge is 0.512 e. The van der Waals surface area contributed by atoms with Crippen LogP contribution in [-0.2, 0) is 0 Å². The summed E-state index contributed by atoms with van der Waals surface area (Å²) in [6, 6.07) is -0.435. The van der Waals surface area contributed by atoms with Crippen molar-refractivity contribution in [2.75, 3.05) is 0 Å². The van der Waals surface area contributed by atoms with E-state index in [1.807, 2.05) is 12.2 Å². The third-order valence-corrected chi connectivity index (χ3v) is 7.37. The Morgan fingerprint density at radius 3 is 2.78 bits per heavy atom. The molecule has 0 radical (unpaired) electrons. The highest BCUT2D eigenvalue weighted by molar-refractivity contribution is 5.43. The highest BCUT2D eigenvalue weighted by Gasteiger charge is 2.61. The Labute approximate surface area is 136 Å². The van der Waals surface area contributed by atoms with Gasteiger partial charge in [0.25, 0.3) is 0 Å². The van der Waals surface area contributed by atoms with Gasteiger partial charge in [-0.25, -0.2) is 4.39 Å². The summed E-state index contributed by atoms with van der Waals surface area (Å²) in [7, 11) is 0. The Balaban J connectivity index is 1.80. The molecule has 0 saturated heterocycles. The van der Waals surface area contributed by atoms with Crippen LogP contribution in [0.2, 0.25) is 0 Å². The standard InChI is InChI=1S/C19H26FNO2/c1-18-5-3-11(22)7-10(18)8-15(23)16-12(18)4-6-19(2)13(16)9-14(20)17(19)21/h3,5,7-8,11-14,16-17,22-23H,4,6,9,21H2,1-2H3/t11?,12-,13+,14?,16-,17?,18+,19+/m1/s1. The van der Waals surface area contributed by atoms with Crippen LogP contribution in [0.25, 0.3) is 0 Å². The number of aliphatic hydroxyl groups is 2. The van der Waals surface area contributed by atoms with Gasteiger partial charge in [-0.3, -0.25) is 0 Å². The monoisotopic (exact) mass is 319 g/mol. The maximum Gasteiger partial charge on any atom is 0.116 e. The number of fused-ring (bicyclic) bond motifs is 5. The lowest BCUT2D eigenvalue weighted by Crippen LogP contribution is -2.52. The van der Waals surface area contributed by atoms with Crippen molar-refractivity contribution in [2.45, 2.75) is 51.4 Å². The molecule has 0 bridgehead atoms. The van der Waals surface area contributed by atoms with E-state index < -0.39 is 18.3 Å². The molecule has 23 heavy (non-hydrogen) atoms. The van der Waals surface area contributed by atoms with E-state index in [0.29, 0.717) is 12.2 Å². The molecule has 4 aliphatic rings. The van der Waals surface area contributed by atoms with E-state index in [0.717, 1.165) is 18.4 Å². The molecular formula is C19H26FNO2. The summed E-state index contributed by atoms with van der Waals surface area (Å²) in [6.07, 6.45) is 8.21. The van der Waals surface area contributed by atoms with Crippen LogP contribution in [0.15, 0.2) is 35.6 Å². The second-order valence-electron chi connectivity index (χ2n) is 8.38. The molecule has 0 amide bonds. The van der Waals surface area contributed by atoms with Gasteiger partial charge in [-0.15, -0.1) is 0 Å². The van der Waals surface area contributed by atoms with E-state index in [1.165, 1.54) is 0 Å². The molecule has 3 unspecified atom stereocenters. The predicted octanol–water partition coefficient (Wildman–Crippen LogP) is 3.02. The van der Waals surface area contributed by atoms with E-state index in [4.69, 9.17) is 5.73 Å². The Morgan fingerprint density at radius 2 is 2.04 bits per heavy atom. The Kier molecular flexibility index (Phi) is 3.15. The first-order valence-corrected chi connectivity index (χ1v) is 8.67. The highest BCUT2D eigenvalue weighted by Crippen LogP contribution is 2.64. The molecule has 0 aliphatic heterocycles. The zero-order valence-corrected chi connectivity index (χ0v) is 13.7. The van der Waals surface area contributed by atoms with Gasteiger partial charge < -0.3 is 15.9 Å². The van der Waals surface area contributed by atoms with E-state index in [2.05, 4.69) is 19.9 Å². The first-order chi connectivity index (χ1) is 10.8. The summed E-state index contributed by atoms with van der Waals surface area (Å²) in [5.41, 5.74) is 6.73. The first kappa shape index (κ1) is 15.4. The van der Waals surface area contributed by atoms with Crippen LogP contribution in [0.3, 0.4) is 0 Å². The maximum atomic E-state index is 14.3. The van der Waals surface area contributed by atoms with Gasteiger partial charge in [0, 0.05) is 17.4 Å². The van der Waals surface area contributed by atoms with Gasteiger partial charge in [0.1, 0.15) is 6.17 Å². The molecule has 3 nitrogen and oxygen atoms in total. The number of halogens is 1. The number of hydrogen-bond donors (Lipinski definition) is 3. The molecule has 2 saturated carbocycles. The Hall–Kier alpha value is -1.13. The van der Waals surface area contributed by atoms with E-state index in [9.17, 15) is 14.6 Å². The lowest BCUT2D eigenvalue weighted by Gasteiger charge is -2.55. The van der Waals surface area contributed by atoms with Crippen LogP contribution >= 0.6 is 0 Å². The molecule has 0 heterocycles. The molecule has 2 fully saturated rings. The van der Waals surface area contributed by atoms with Gasteiger partial charge in [-0.05, 0) is 54.2 Å². The zero-order chi connectivity index (χ0) is 16.6. The normalized spacial score (nSPS) is 54.7. The zero-order valence-electron chi connectivity index (χ0n) is 13.7. The van der Waals surface area contributed by atoms with Gasteiger partial charge in [0.2, 0.25) is 0 Å². The molecule has 4 N–H and O–H groups in total. The number of aliphatic hydroxyl groups excluding tert-OH is 2. The maximum absolute atomic E-state index is 14.3. The molecule has 4 rings (SSSR count). The summed E-state index contributed by atoms with van der Waals surface area (Å²) in [5.74, 6) is 0.625. The SMILES string of the molecule is C[C@]12C=CC(O)C=C1C=C(O)[C@@H]1[C@H]2CC[C@]2(C)C(N)C(F)C[C@@H]12. The van der Waals surface area contributed by atoms with Crippen molar-refractivity contribution < 1.29 is 14.6 Å². The van der Waals surface area contributed by atoms with E-state index in [1.54, 1.807) is 6.08 Å². The fourth-order valence-electron chi connectivity index (χ4n) is 5.85. The third-order valence-electron chi connectivity index (χ3n) is 7.37. The van der Waals surface area contributed by atoms with Crippen molar-refractivity contribution in [3.63, 3.8) is 0 Å². The van der Waals surface area contributed by atoms with Crippen molar-refractivity contribution >= 4 is 0 Å². The number of rotatable bonds is 0. The summed E-state index contributed by atoms with van der Waals surface area (Å²) in [5, 5.41) is 20.6. The second-order valence-corrected chi connectivity index (χ2v) is 8.38. The van der Waals surface area contributed by atoms with Crippen LogP contribution in [0.1, 0.15) is 33.1 Å². The number of nitrogens with two attached hydrogens (primary N) is 1. The Bertz CT molecular complexity index is 627. The number of allylic oxidation sites excluding steroid dienone is 4. The molecule has 0 aromatic rings. The average Bonchev–Trinajstić information content (AvgIpc) is 2.73.